The second-order valence-corrected chi connectivity index (χ2v) is 10.4. The highest BCUT2D eigenvalue weighted by Gasteiger charge is 2.39. The normalized spacial score (nSPS) is 16.0. The third-order valence-electron chi connectivity index (χ3n) is 7.43. The van der Waals surface area contributed by atoms with Crippen LogP contribution in [0.15, 0.2) is 72.0 Å². The highest BCUT2D eigenvalue weighted by atomic mass is 19.1. The molecule has 5 aromatic rings. The maximum atomic E-state index is 15.8. The number of aromatic nitrogens is 6. The van der Waals surface area contributed by atoms with E-state index >= 15 is 13.2 Å². The lowest BCUT2D eigenvalue weighted by Gasteiger charge is -2.43. The minimum absolute atomic E-state index is 0.0313. The van der Waals surface area contributed by atoms with Gasteiger partial charge >= 0.3 is 0 Å². The van der Waals surface area contributed by atoms with E-state index in [2.05, 4.69) is 25.5 Å². The third kappa shape index (κ3) is 5.41. The Morgan fingerprint density at radius 1 is 0.955 bits per heavy atom. The van der Waals surface area contributed by atoms with Crippen molar-refractivity contribution in [2.45, 2.75) is 31.7 Å². The van der Waals surface area contributed by atoms with Crippen LogP contribution in [0.1, 0.15) is 40.5 Å². The summed E-state index contributed by atoms with van der Waals surface area (Å²) in [6, 6.07) is 7.97. The molecule has 1 aliphatic carbocycles. The standard InChI is InChI=1S/C30H24F4N8O2/c1-16-9-26(23(34)15-35-16)41(19-10-17(11-19)24-6-8-40(2)39-24)27-13-21(32)25(12-22(27)33)38-29(43)20-5-7-37-42(30(20)44)28-4-3-18(31)14-36-28/h3-9,12-15,17,19H,10-11H2,1-2H3,(H,38,43). The molecule has 0 bridgehead atoms. The number of pyridine rings is 2. The van der Waals surface area contributed by atoms with E-state index in [1.807, 2.05) is 12.3 Å². The first-order valence-corrected chi connectivity index (χ1v) is 13.5. The van der Waals surface area contributed by atoms with Crippen molar-refractivity contribution in [3.63, 3.8) is 0 Å². The fourth-order valence-corrected chi connectivity index (χ4v) is 5.18. The van der Waals surface area contributed by atoms with Gasteiger partial charge in [0, 0.05) is 49.2 Å². The Hall–Kier alpha value is -5.40. The molecule has 0 radical (unpaired) electrons. The molecule has 1 amide bonds. The Bertz CT molecular complexity index is 1940. The van der Waals surface area contributed by atoms with Gasteiger partial charge in [-0.05, 0) is 50.1 Å². The summed E-state index contributed by atoms with van der Waals surface area (Å²) < 4.78 is 62.1. The first kappa shape index (κ1) is 28.7. The molecule has 0 unspecified atom stereocenters. The van der Waals surface area contributed by atoms with E-state index < -0.39 is 46.0 Å². The van der Waals surface area contributed by atoms with E-state index in [4.69, 9.17) is 0 Å². The molecule has 0 atom stereocenters. The van der Waals surface area contributed by atoms with E-state index in [0.29, 0.717) is 18.5 Å². The fourth-order valence-electron chi connectivity index (χ4n) is 5.18. The van der Waals surface area contributed by atoms with Crippen molar-refractivity contribution in [1.82, 2.24) is 29.5 Å². The topological polar surface area (TPSA) is 111 Å². The number of rotatable bonds is 7. The molecule has 0 spiro atoms. The predicted molar refractivity (Wildman–Crippen MR) is 152 cm³/mol. The van der Waals surface area contributed by atoms with Gasteiger partial charge in [-0.1, -0.05) is 0 Å². The van der Waals surface area contributed by atoms with Crippen molar-refractivity contribution >= 4 is 23.0 Å². The molecule has 0 aliphatic heterocycles. The SMILES string of the molecule is Cc1cc(N(c2cc(F)c(NC(=O)c3ccnn(-c4ccc(F)cn4)c3=O)cc2F)C2CC(c3ccn(C)n3)C2)c(F)cn1. The maximum Gasteiger partial charge on any atom is 0.285 e. The van der Waals surface area contributed by atoms with Crippen LogP contribution in [-0.4, -0.2) is 41.5 Å². The summed E-state index contributed by atoms with van der Waals surface area (Å²) >= 11 is 0. The van der Waals surface area contributed by atoms with Gasteiger partial charge in [0.15, 0.2) is 11.6 Å². The van der Waals surface area contributed by atoms with Crippen LogP contribution >= 0.6 is 0 Å². The molecule has 1 N–H and O–H groups in total. The molecular weight excluding hydrogens is 580 g/mol. The summed E-state index contributed by atoms with van der Waals surface area (Å²) in [5, 5.41) is 10.5. The van der Waals surface area contributed by atoms with E-state index in [0.717, 1.165) is 53.2 Å². The molecular formula is C30H24F4N8O2. The van der Waals surface area contributed by atoms with Crippen LogP contribution in [0, 0.1) is 30.2 Å². The quantitative estimate of drug-likeness (QED) is 0.262. The number of benzene rings is 1. The highest BCUT2D eigenvalue weighted by molar-refractivity contribution is 6.04. The number of carbonyl (C=O) groups is 1. The number of carbonyl (C=O) groups excluding carboxylic acids is 1. The van der Waals surface area contributed by atoms with Crippen molar-refractivity contribution in [1.29, 1.82) is 0 Å². The summed E-state index contributed by atoms with van der Waals surface area (Å²) in [7, 11) is 1.80. The van der Waals surface area contributed by atoms with E-state index in [9.17, 15) is 14.0 Å². The smallest absolute Gasteiger partial charge is 0.285 e. The van der Waals surface area contributed by atoms with Crippen LogP contribution < -0.4 is 15.8 Å². The number of aryl methyl sites for hydroxylation is 2. The molecule has 6 rings (SSSR count). The first-order chi connectivity index (χ1) is 21.1. The first-order valence-electron chi connectivity index (χ1n) is 13.5. The summed E-state index contributed by atoms with van der Waals surface area (Å²) in [6.07, 6.45) is 5.87. The van der Waals surface area contributed by atoms with Crippen LogP contribution in [0.3, 0.4) is 0 Å². The number of nitrogens with zero attached hydrogens (tertiary/aromatic N) is 7. The van der Waals surface area contributed by atoms with E-state index in [-0.39, 0.29) is 29.2 Å². The Labute approximate surface area is 247 Å². The molecule has 44 heavy (non-hydrogen) atoms. The van der Waals surface area contributed by atoms with Crippen LogP contribution in [0.25, 0.3) is 5.82 Å². The largest absolute Gasteiger partial charge is 0.333 e. The average molecular weight is 605 g/mol. The molecule has 0 saturated heterocycles. The van der Waals surface area contributed by atoms with E-state index in [1.54, 1.807) is 18.7 Å². The van der Waals surface area contributed by atoms with E-state index in [1.165, 1.54) is 17.0 Å². The summed E-state index contributed by atoms with van der Waals surface area (Å²) in [5.74, 6) is -4.32. The second-order valence-electron chi connectivity index (χ2n) is 10.4. The zero-order chi connectivity index (χ0) is 31.1. The predicted octanol–water partition coefficient (Wildman–Crippen LogP) is 4.96. The zero-order valence-electron chi connectivity index (χ0n) is 23.4. The lowest BCUT2D eigenvalue weighted by molar-refractivity contribution is 0.102. The molecule has 224 valence electrons. The highest BCUT2D eigenvalue weighted by Crippen LogP contribution is 2.45. The minimum Gasteiger partial charge on any atom is -0.333 e. The van der Waals surface area contributed by atoms with Crippen molar-refractivity contribution in [2.24, 2.45) is 7.05 Å². The van der Waals surface area contributed by atoms with Crippen LogP contribution in [0.2, 0.25) is 0 Å². The number of hydrogen-bond acceptors (Lipinski definition) is 7. The Morgan fingerprint density at radius 3 is 2.43 bits per heavy atom. The van der Waals surface area contributed by atoms with Gasteiger partial charge in [-0.3, -0.25) is 19.3 Å². The Morgan fingerprint density at radius 2 is 1.73 bits per heavy atom. The van der Waals surface area contributed by atoms with Gasteiger partial charge in [0.1, 0.15) is 23.0 Å². The van der Waals surface area contributed by atoms with Gasteiger partial charge in [0.05, 0.1) is 35.1 Å². The van der Waals surface area contributed by atoms with Crippen LogP contribution in [-0.2, 0) is 7.05 Å². The third-order valence-corrected chi connectivity index (χ3v) is 7.43. The van der Waals surface area contributed by atoms with Crippen molar-refractivity contribution in [3.8, 4) is 5.82 Å². The van der Waals surface area contributed by atoms with Crippen molar-refractivity contribution in [2.75, 3.05) is 10.2 Å². The average Bonchev–Trinajstić information content (AvgIpc) is 3.40. The molecule has 14 heteroatoms. The fraction of sp³-hybridized carbons (Fsp3) is 0.200. The van der Waals surface area contributed by atoms with Gasteiger partial charge in [0.2, 0.25) is 0 Å². The number of halogens is 4. The Balaban J connectivity index is 1.30. The second kappa shape index (κ2) is 11.4. The molecule has 4 heterocycles. The van der Waals surface area contributed by atoms with Gasteiger partial charge in [-0.15, -0.1) is 0 Å². The molecule has 4 aromatic heterocycles. The number of anilines is 3. The zero-order valence-corrected chi connectivity index (χ0v) is 23.4. The molecule has 10 nitrogen and oxygen atoms in total. The van der Waals surface area contributed by atoms with Crippen LogP contribution in [0.5, 0.6) is 0 Å². The monoisotopic (exact) mass is 604 g/mol. The lowest BCUT2D eigenvalue weighted by atomic mass is 9.77. The molecule has 1 aliphatic rings. The van der Waals surface area contributed by atoms with Gasteiger partial charge in [0.25, 0.3) is 11.5 Å². The Kier molecular flexibility index (Phi) is 7.41. The number of amides is 1. The molecule has 1 fully saturated rings. The van der Waals surface area contributed by atoms with Crippen molar-refractivity contribution in [3.05, 3.63) is 118 Å². The van der Waals surface area contributed by atoms with Gasteiger partial charge in [-0.2, -0.15) is 14.9 Å². The van der Waals surface area contributed by atoms with Crippen LogP contribution in [0.4, 0.5) is 34.6 Å². The molecule has 1 aromatic carbocycles. The summed E-state index contributed by atoms with van der Waals surface area (Å²) in [6.45, 7) is 1.66. The van der Waals surface area contributed by atoms with Gasteiger partial charge < -0.3 is 10.2 Å². The summed E-state index contributed by atoms with van der Waals surface area (Å²) in [5.41, 5.74) is -0.761. The summed E-state index contributed by atoms with van der Waals surface area (Å²) in [4.78, 5) is 35.1. The lowest BCUT2D eigenvalue weighted by Crippen LogP contribution is -2.42. The minimum atomic E-state index is -1.04. The number of hydrogen-bond donors (Lipinski definition) is 1. The van der Waals surface area contributed by atoms with Gasteiger partial charge in [-0.25, -0.2) is 22.5 Å². The van der Waals surface area contributed by atoms with Crippen molar-refractivity contribution < 1.29 is 22.4 Å². The number of nitrogens with one attached hydrogen (secondary N) is 1. The maximum absolute atomic E-state index is 15.8. The molecule has 1 saturated carbocycles.